The van der Waals surface area contributed by atoms with Crippen molar-refractivity contribution >= 4 is 39.4 Å². The number of anilines is 1. The highest BCUT2D eigenvalue weighted by Gasteiger charge is 2.27. The van der Waals surface area contributed by atoms with Crippen molar-refractivity contribution in [2.45, 2.75) is 25.7 Å². The van der Waals surface area contributed by atoms with Gasteiger partial charge < -0.3 is 4.57 Å². The molecule has 7 nitrogen and oxygen atoms in total. The van der Waals surface area contributed by atoms with Crippen molar-refractivity contribution < 1.29 is 17.6 Å². The lowest BCUT2D eigenvalue weighted by Gasteiger charge is -2.23. The summed E-state index contributed by atoms with van der Waals surface area (Å²) in [6, 6.07) is 20.5. The van der Waals surface area contributed by atoms with Crippen molar-refractivity contribution in [3.8, 4) is 5.69 Å². The molecule has 0 radical (unpaired) electrons. The summed E-state index contributed by atoms with van der Waals surface area (Å²) in [5, 5.41) is 4.68. The smallest absolute Gasteiger partial charge is 0.264 e. The Balaban J connectivity index is 1.55. The van der Waals surface area contributed by atoms with Crippen LogP contribution in [0, 0.1) is 26.6 Å². The van der Waals surface area contributed by atoms with E-state index in [9.17, 15) is 17.6 Å². The Hall–Kier alpha value is -3.95. The van der Waals surface area contributed by atoms with Crippen LogP contribution in [0.3, 0.4) is 0 Å². The SMILES string of the molecule is Cc1ccc(N(CC(=O)N/N=C/c2cc(C)n(-c3cccc(Cl)c3)c2C)S(=O)(=O)c2ccc(F)cc2)cc1. The van der Waals surface area contributed by atoms with Gasteiger partial charge in [-0.2, -0.15) is 5.10 Å². The van der Waals surface area contributed by atoms with Crippen LogP contribution in [0.15, 0.2) is 88.9 Å². The van der Waals surface area contributed by atoms with Crippen LogP contribution in [0.5, 0.6) is 0 Å². The van der Waals surface area contributed by atoms with Crippen LogP contribution in [0.2, 0.25) is 5.02 Å². The molecule has 1 aromatic heterocycles. The molecule has 0 aliphatic rings. The Bertz CT molecular complexity index is 1600. The molecule has 0 unspecified atom stereocenters. The maximum Gasteiger partial charge on any atom is 0.264 e. The molecule has 0 fully saturated rings. The first-order valence-electron chi connectivity index (χ1n) is 11.7. The topological polar surface area (TPSA) is 83.8 Å². The third-order valence-electron chi connectivity index (χ3n) is 5.94. The van der Waals surface area contributed by atoms with E-state index in [1.165, 1.54) is 6.21 Å². The average molecular weight is 553 g/mol. The van der Waals surface area contributed by atoms with Gasteiger partial charge in [-0.05, 0) is 81.4 Å². The highest BCUT2D eigenvalue weighted by Crippen LogP contribution is 2.25. The number of sulfonamides is 1. The third kappa shape index (κ3) is 5.95. The molecule has 38 heavy (non-hydrogen) atoms. The van der Waals surface area contributed by atoms with Crippen molar-refractivity contribution in [3.05, 3.63) is 112 Å². The maximum absolute atomic E-state index is 13.4. The second kappa shape index (κ2) is 11.2. The molecule has 0 bridgehead atoms. The van der Waals surface area contributed by atoms with E-state index in [1.54, 1.807) is 30.3 Å². The van der Waals surface area contributed by atoms with Crippen molar-refractivity contribution in [3.63, 3.8) is 0 Å². The first-order valence-corrected chi connectivity index (χ1v) is 13.5. The number of nitrogens with one attached hydrogen (secondary N) is 1. The van der Waals surface area contributed by atoms with Crippen LogP contribution in [-0.2, 0) is 14.8 Å². The molecule has 0 aliphatic carbocycles. The molecule has 196 valence electrons. The lowest BCUT2D eigenvalue weighted by atomic mass is 10.2. The van der Waals surface area contributed by atoms with Gasteiger partial charge in [0.2, 0.25) is 0 Å². The molecule has 0 atom stereocenters. The van der Waals surface area contributed by atoms with E-state index in [-0.39, 0.29) is 4.90 Å². The number of hydrazone groups is 1. The van der Waals surface area contributed by atoms with Gasteiger partial charge in [0, 0.05) is 27.7 Å². The molecular formula is C28H26ClFN4O3S. The van der Waals surface area contributed by atoms with Crippen LogP contribution in [0.1, 0.15) is 22.5 Å². The minimum atomic E-state index is -4.16. The van der Waals surface area contributed by atoms with E-state index in [2.05, 4.69) is 10.5 Å². The number of nitrogens with zero attached hydrogens (tertiary/aromatic N) is 3. The molecule has 0 saturated carbocycles. The van der Waals surface area contributed by atoms with Gasteiger partial charge in [-0.15, -0.1) is 0 Å². The number of benzene rings is 3. The molecule has 4 rings (SSSR count). The van der Waals surface area contributed by atoms with E-state index in [0.29, 0.717) is 10.7 Å². The number of carbonyl (C=O) groups excluding carboxylic acids is 1. The highest BCUT2D eigenvalue weighted by molar-refractivity contribution is 7.92. The first kappa shape index (κ1) is 27.1. The molecule has 0 saturated heterocycles. The lowest BCUT2D eigenvalue weighted by Crippen LogP contribution is -2.39. The molecule has 1 heterocycles. The third-order valence-corrected chi connectivity index (χ3v) is 7.96. The number of aromatic nitrogens is 1. The van der Waals surface area contributed by atoms with E-state index < -0.39 is 28.3 Å². The standard InChI is InChI=1S/C28H26ClFN4O3S/c1-19-7-11-25(12-8-19)33(38(36,37)27-13-9-24(30)10-14-27)18-28(35)32-31-17-22-15-20(2)34(21(22)3)26-6-4-5-23(29)16-26/h4-17H,18H2,1-3H3,(H,32,35)/b31-17+. The summed E-state index contributed by atoms with van der Waals surface area (Å²) in [6.45, 7) is 5.21. The quantitative estimate of drug-likeness (QED) is 0.230. The minimum Gasteiger partial charge on any atom is -0.318 e. The Labute approximate surface area is 226 Å². The van der Waals surface area contributed by atoms with Crippen molar-refractivity contribution in [2.75, 3.05) is 10.8 Å². The number of hydrogen-bond donors (Lipinski definition) is 1. The molecule has 10 heteroatoms. The van der Waals surface area contributed by atoms with E-state index in [1.807, 2.05) is 49.6 Å². The summed E-state index contributed by atoms with van der Waals surface area (Å²) in [5.74, 6) is -1.20. The van der Waals surface area contributed by atoms with Crippen LogP contribution in [0.4, 0.5) is 10.1 Å². The fourth-order valence-electron chi connectivity index (χ4n) is 4.03. The predicted octanol–water partition coefficient (Wildman–Crippen LogP) is 5.54. The van der Waals surface area contributed by atoms with Crippen LogP contribution >= 0.6 is 11.6 Å². The van der Waals surface area contributed by atoms with Gasteiger partial charge in [0.1, 0.15) is 12.4 Å². The lowest BCUT2D eigenvalue weighted by molar-refractivity contribution is -0.119. The zero-order chi connectivity index (χ0) is 27.4. The molecule has 4 aromatic rings. The van der Waals surface area contributed by atoms with E-state index in [0.717, 1.165) is 56.8 Å². The first-order chi connectivity index (χ1) is 18.1. The van der Waals surface area contributed by atoms with E-state index >= 15 is 0 Å². The van der Waals surface area contributed by atoms with Crippen LogP contribution in [0.25, 0.3) is 5.69 Å². The zero-order valence-corrected chi connectivity index (χ0v) is 22.6. The zero-order valence-electron chi connectivity index (χ0n) is 21.0. The average Bonchev–Trinajstić information content (AvgIpc) is 3.16. The van der Waals surface area contributed by atoms with Gasteiger partial charge in [-0.25, -0.2) is 18.2 Å². The summed E-state index contributed by atoms with van der Waals surface area (Å²) in [6.07, 6.45) is 1.51. The van der Waals surface area contributed by atoms with Gasteiger partial charge in [0.05, 0.1) is 16.8 Å². The van der Waals surface area contributed by atoms with Crippen molar-refractivity contribution in [2.24, 2.45) is 5.10 Å². The van der Waals surface area contributed by atoms with Crippen LogP contribution in [-0.4, -0.2) is 31.7 Å². The van der Waals surface area contributed by atoms with Gasteiger partial charge in [-0.3, -0.25) is 9.10 Å². The van der Waals surface area contributed by atoms with Crippen molar-refractivity contribution in [1.82, 2.24) is 9.99 Å². The summed E-state index contributed by atoms with van der Waals surface area (Å²) in [7, 11) is -4.16. The summed E-state index contributed by atoms with van der Waals surface area (Å²) >= 11 is 6.15. The molecular weight excluding hydrogens is 527 g/mol. The fourth-order valence-corrected chi connectivity index (χ4v) is 5.64. The second-order valence-corrected chi connectivity index (χ2v) is 11.0. The van der Waals surface area contributed by atoms with Crippen molar-refractivity contribution in [1.29, 1.82) is 0 Å². The maximum atomic E-state index is 13.4. The Kier molecular flexibility index (Phi) is 7.99. The largest absolute Gasteiger partial charge is 0.318 e. The van der Waals surface area contributed by atoms with Gasteiger partial charge in [-0.1, -0.05) is 35.4 Å². The fraction of sp³-hybridized carbons (Fsp3) is 0.143. The number of carbonyl (C=O) groups is 1. The van der Waals surface area contributed by atoms with Gasteiger partial charge >= 0.3 is 0 Å². The summed E-state index contributed by atoms with van der Waals surface area (Å²) in [4.78, 5) is 12.7. The number of amides is 1. The Morgan fingerprint density at radius 2 is 1.71 bits per heavy atom. The van der Waals surface area contributed by atoms with Gasteiger partial charge in [0.15, 0.2) is 0 Å². The number of rotatable bonds is 8. The predicted molar refractivity (Wildman–Crippen MR) is 148 cm³/mol. The molecule has 1 amide bonds. The monoisotopic (exact) mass is 552 g/mol. The number of halogens is 2. The second-order valence-electron chi connectivity index (χ2n) is 8.74. The Morgan fingerprint density at radius 1 is 1.03 bits per heavy atom. The summed E-state index contributed by atoms with van der Waals surface area (Å²) < 4.78 is 43.1. The van der Waals surface area contributed by atoms with E-state index in [4.69, 9.17) is 11.6 Å². The molecule has 0 aliphatic heterocycles. The molecule has 3 aromatic carbocycles. The summed E-state index contributed by atoms with van der Waals surface area (Å²) in [5.41, 5.74) is 7.16. The number of aryl methyl sites for hydroxylation is 2. The molecule has 0 spiro atoms. The number of hydrogen-bond acceptors (Lipinski definition) is 4. The Morgan fingerprint density at radius 3 is 2.37 bits per heavy atom. The molecule has 1 N–H and O–H groups in total. The van der Waals surface area contributed by atoms with Crippen LogP contribution < -0.4 is 9.73 Å². The minimum absolute atomic E-state index is 0.135. The highest BCUT2D eigenvalue weighted by atomic mass is 35.5. The normalized spacial score (nSPS) is 11.6. The van der Waals surface area contributed by atoms with Gasteiger partial charge in [0.25, 0.3) is 15.9 Å².